The van der Waals surface area contributed by atoms with Crippen molar-refractivity contribution in [1.82, 2.24) is 0 Å². The SMILES string of the molecule is CC(OC(=O)c1ccc(Cl)cc1N)C(=O)Nc1ccc(Br)cc1. The summed E-state index contributed by atoms with van der Waals surface area (Å²) in [6.45, 7) is 1.48. The summed E-state index contributed by atoms with van der Waals surface area (Å²) in [5, 5.41) is 3.08. The smallest absolute Gasteiger partial charge is 0.341 e. The van der Waals surface area contributed by atoms with Crippen LogP contribution in [0.15, 0.2) is 46.9 Å². The van der Waals surface area contributed by atoms with Crippen molar-refractivity contribution >= 4 is 50.8 Å². The van der Waals surface area contributed by atoms with Crippen LogP contribution in [0.1, 0.15) is 17.3 Å². The average Bonchev–Trinajstić information content (AvgIpc) is 2.49. The summed E-state index contributed by atoms with van der Waals surface area (Å²) in [6, 6.07) is 11.5. The van der Waals surface area contributed by atoms with Crippen LogP contribution in [0.5, 0.6) is 0 Å². The van der Waals surface area contributed by atoms with Crippen LogP contribution in [-0.4, -0.2) is 18.0 Å². The Hall–Kier alpha value is -2.05. The molecule has 0 saturated heterocycles. The first-order valence-electron chi connectivity index (χ1n) is 6.69. The van der Waals surface area contributed by atoms with Gasteiger partial charge in [0.25, 0.3) is 5.91 Å². The highest BCUT2D eigenvalue weighted by Gasteiger charge is 2.20. The van der Waals surface area contributed by atoms with E-state index in [0.717, 1.165) is 4.47 Å². The summed E-state index contributed by atoms with van der Waals surface area (Å²) in [5.41, 5.74) is 6.69. The van der Waals surface area contributed by atoms with Gasteiger partial charge in [-0.15, -0.1) is 0 Å². The van der Waals surface area contributed by atoms with Gasteiger partial charge in [-0.2, -0.15) is 0 Å². The predicted octanol–water partition coefficient (Wildman–Crippen LogP) is 3.87. The molecule has 5 nitrogen and oxygen atoms in total. The largest absolute Gasteiger partial charge is 0.449 e. The van der Waals surface area contributed by atoms with Gasteiger partial charge in [-0.1, -0.05) is 27.5 Å². The molecule has 0 aliphatic rings. The minimum atomic E-state index is -0.971. The number of hydrogen-bond donors (Lipinski definition) is 2. The Kier molecular flexibility index (Phi) is 5.63. The number of ether oxygens (including phenoxy) is 1. The number of carbonyl (C=O) groups is 2. The van der Waals surface area contributed by atoms with Crippen LogP contribution in [0.4, 0.5) is 11.4 Å². The Labute approximate surface area is 146 Å². The van der Waals surface area contributed by atoms with Crippen LogP contribution in [0.25, 0.3) is 0 Å². The van der Waals surface area contributed by atoms with Crippen LogP contribution in [0, 0.1) is 0 Å². The summed E-state index contributed by atoms with van der Waals surface area (Å²) in [5.74, 6) is -1.12. The second-order valence-corrected chi connectivity index (χ2v) is 6.13. The molecule has 2 aromatic carbocycles. The monoisotopic (exact) mass is 396 g/mol. The van der Waals surface area contributed by atoms with Crippen LogP contribution in [0.2, 0.25) is 5.02 Å². The summed E-state index contributed by atoms with van der Waals surface area (Å²) in [4.78, 5) is 24.1. The fourth-order valence-corrected chi connectivity index (χ4v) is 2.22. The first kappa shape index (κ1) is 17.3. The zero-order chi connectivity index (χ0) is 17.0. The molecule has 0 fully saturated rings. The van der Waals surface area contributed by atoms with Crippen molar-refractivity contribution in [3.63, 3.8) is 0 Å². The lowest BCUT2D eigenvalue weighted by molar-refractivity contribution is -0.123. The van der Waals surface area contributed by atoms with Crippen LogP contribution in [0.3, 0.4) is 0 Å². The van der Waals surface area contributed by atoms with Crippen molar-refractivity contribution in [3.8, 4) is 0 Å². The third-order valence-corrected chi connectivity index (χ3v) is 3.76. The molecule has 7 heteroatoms. The fraction of sp³-hybridized carbons (Fsp3) is 0.125. The number of amides is 1. The van der Waals surface area contributed by atoms with Gasteiger partial charge < -0.3 is 15.8 Å². The van der Waals surface area contributed by atoms with Gasteiger partial charge in [-0.3, -0.25) is 4.79 Å². The van der Waals surface area contributed by atoms with Crippen molar-refractivity contribution in [2.75, 3.05) is 11.1 Å². The average molecular weight is 398 g/mol. The predicted molar refractivity (Wildman–Crippen MR) is 93.5 cm³/mol. The molecule has 23 heavy (non-hydrogen) atoms. The number of nitrogen functional groups attached to an aromatic ring is 1. The second kappa shape index (κ2) is 7.48. The molecule has 0 spiro atoms. The van der Waals surface area contributed by atoms with E-state index in [2.05, 4.69) is 21.2 Å². The summed E-state index contributed by atoms with van der Waals surface area (Å²) in [7, 11) is 0. The van der Waals surface area contributed by atoms with Gasteiger partial charge in [0.2, 0.25) is 0 Å². The number of nitrogens with one attached hydrogen (secondary N) is 1. The molecular formula is C16H14BrClN2O3. The zero-order valence-electron chi connectivity index (χ0n) is 12.2. The van der Waals surface area contributed by atoms with E-state index in [0.29, 0.717) is 10.7 Å². The van der Waals surface area contributed by atoms with Gasteiger partial charge in [0.05, 0.1) is 5.56 Å². The molecule has 0 bridgehead atoms. The molecule has 0 heterocycles. The highest BCUT2D eigenvalue weighted by molar-refractivity contribution is 9.10. The van der Waals surface area contributed by atoms with E-state index in [1.165, 1.54) is 25.1 Å². The molecule has 0 aromatic heterocycles. The van der Waals surface area contributed by atoms with Crippen molar-refractivity contribution in [1.29, 1.82) is 0 Å². The normalized spacial score (nSPS) is 11.6. The van der Waals surface area contributed by atoms with Crippen molar-refractivity contribution in [2.45, 2.75) is 13.0 Å². The molecule has 120 valence electrons. The highest BCUT2D eigenvalue weighted by atomic mass is 79.9. The van der Waals surface area contributed by atoms with E-state index in [-0.39, 0.29) is 11.3 Å². The topological polar surface area (TPSA) is 81.4 Å². The molecule has 2 rings (SSSR count). The second-order valence-electron chi connectivity index (χ2n) is 4.78. The zero-order valence-corrected chi connectivity index (χ0v) is 14.5. The molecule has 1 unspecified atom stereocenters. The Morgan fingerprint density at radius 3 is 2.48 bits per heavy atom. The lowest BCUT2D eigenvalue weighted by Crippen LogP contribution is -2.30. The number of anilines is 2. The molecule has 2 aromatic rings. The Bertz CT molecular complexity index is 735. The van der Waals surface area contributed by atoms with Crippen LogP contribution >= 0.6 is 27.5 Å². The van der Waals surface area contributed by atoms with Crippen molar-refractivity contribution < 1.29 is 14.3 Å². The minimum Gasteiger partial charge on any atom is -0.449 e. The lowest BCUT2D eigenvalue weighted by atomic mass is 10.2. The van der Waals surface area contributed by atoms with E-state index >= 15 is 0 Å². The van der Waals surface area contributed by atoms with Gasteiger partial charge in [0, 0.05) is 20.9 Å². The van der Waals surface area contributed by atoms with Crippen molar-refractivity contribution in [3.05, 3.63) is 57.5 Å². The maximum atomic E-state index is 12.1. The number of hydrogen-bond acceptors (Lipinski definition) is 4. The number of carbonyl (C=O) groups excluding carboxylic acids is 2. The molecule has 0 saturated carbocycles. The molecular weight excluding hydrogens is 384 g/mol. The summed E-state index contributed by atoms with van der Waals surface area (Å²) in [6.07, 6.45) is -0.971. The third kappa shape index (κ3) is 4.71. The van der Waals surface area contributed by atoms with Gasteiger partial charge in [-0.25, -0.2) is 4.79 Å². The molecule has 0 aliphatic carbocycles. The summed E-state index contributed by atoms with van der Waals surface area (Å²) < 4.78 is 6.03. The molecule has 1 atom stereocenters. The van der Waals surface area contributed by atoms with E-state index in [4.69, 9.17) is 22.1 Å². The number of rotatable bonds is 4. The maximum absolute atomic E-state index is 12.1. The first-order chi connectivity index (χ1) is 10.9. The quantitative estimate of drug-likeness (QED) is 0.606. The third-order valence-electron chi connectivity index (χ3n) is 3.00. The number of nitrogens with two attached hydrogens (primary N) is 1. The lowest BCUT2D eigenvalue weighted by Gasteiger charge is -2.14. The summed E-state index contributed by atoms with van der Waals surface area (Å²) >= 11 is 9.09. The van der Waals surface area contributed by atoms with E-state index < -0.39 is 18.0 Å². The van der Waals surface area contributed by atoms with Gasteiger partial charge in [0.15, 0.2) is 6.10 Å². The van der Waals surface area contributed by atoms with Gasteiger partial charge in [-0.05, 0) is 49.4 Å². The van der Waals surface area contributed by atoms with Crippen LogP contribution in [-0.2, 0) is 9.53 Å². The number of esters is 1. The fourth-order valence-electron chi connectivity index (χ4n) is 1.77. The maximum Gasteiger partial charge on any atom is 0.341 e. The van der Waals surface area contributed by atoms with E-state index in [1.54, 1.807) is 24.3 Å². The Morgan fingerprint density at radius 2 is 1.87 bits per heavy atom. The molecule has 0 aliphatic heterocycles. The molecule has 3 N–H and O–H groups in total. The van der Waals surface area contributed by atoms with Gasteiger partial charge >= 0.3 is 5.97 Å². The molecule has 0 radical (unpaired) electrons. The van der Waals surface area contributed by atoms with E-state index in [1.807, 2.05) is 0 Å². The first-order valence-corrected chi connectivity index (χ1v) is 7.86. The standard InChI is InChI=1S/C16H14BrClN2O3/c1-9(15(21)20-12-5-2-10(17)3-6-12)23-16(22)13-7-4-11(18)8-14(13)19/h2-9H,19H2,1H3,(H,20,21). The molecule has 1 amide bonds. The number of halogens is 2. The highest BCUT2D eigenvalue weighted by Crippen LogP contribution is 2.20. The Morgan fingerprint density at radius 1 is 1.22 bits per heavy atom. The van der Waals surface area contributed by atoms with E-state index in [9.17, 15) is 9.59 Å². The minimum absolute atomic E-state index is 0.165. The Balaban J connectivity index is 2.00. The number of benzene rings is 2. The van der Waals surface area contributed by atoms with Crippen molar-refractivity contribution in [2.24, 2.45) is 0 Å². The van der Waals surface area contributed by atoms with Gasteiger partial charge in [0.1, 0.15) is 0 Å². The van der Waals surface area contributed by atoms with Crippen LogP contribution < -0.4 is 11.1 Å².